The average molecular weight is 501 g/mol. The molecule has 3 heterocycles. The Morgan fingerprint density at radius 1 is 1.21 bits per heavy atom. The summed E-state index contributed by atoms with van der Waals surface area (Å²) in [6.07, 6.45) is -3.05. The molecule has 1 aliphatic rings. The zero-order valence-electron chi connectivity index (χ0n) is 17.3. The van der Waals surface area contributed by atoms with Gasteiger partial charge in [-0.05, 0) is 37.1 Å². The highest BCUT2D eigenvalue weighted by Crippen LogP contribution is 2.31. The lowest BCUT2D eigenvalue weighted by molar-refractivity contribution is -0.141. The quantitative estimate of drug-likeness (QED) is 0.502. The predicted molar refractivity (Wildman–Crippen MR) is 109 cm³/mol. The van der Waals surface area contributed by atoms with E-state index < -0.39 is 29.7 Å². The highest BCUT2D eigenvalue weighted by molar-refractivity contribution is 6.30. The van der Waals surface area contributed by atoms with Gasteiger partial charge in [0.2, 0.25) is 11.8 Å². The first-order chi connectivity index (χ1) is 16.2. The summed E-state index contributed by atoms with van der Waals surface area (Å²) >= 11 is 5.60. The minimum Gasteiger partial charge on any atom is -0.484 e. The van der Waals surface area contributed by atoms with Crippen molar-refractivity contribution in [2.24, 2.45) is 0 Å². The summed E-state index contributed by atoms with van der Waals surface area (Å²) in [5.41, 5.74) is -0.779. The van der Waals surface area contributed by atoms with E-state index in [1.807, 2.05) is 0 Å². The van der Waals surface area contributed by atoms with Crippen molar-refractivity contribution in [3.63, 3.8) is 0 Å². The molecule has 0 aliphatic carbocycles. The van der Waals surface area contributed by atoms with Crippen molar-refractivity contribution in [2.45, 2.75) is 31.2 Å². The van der Waals surface area contributed by atoms with Crippen LogP contribution in [0.1, 0.15) is 30.5 Å². The van der Waals surface area contributed by atoms with Gasteiger partial charge in [-0.2, -0.15) is 13.2 Å². The van der Waals surface area contributed by atoms with Crippen LogP contribution in [-0.4, -0.2) is 40.3 Å². The minimum absolute atomic E-state index is 0.0195. The number of halogens is 5. The normalized spacial score (nSPS) is 18.5. The summed E-state index contributed by atoms with van der Waals surface area (Å²) in [5.74, 6) is -0.686. The zero-order valence-corrected chi connectivity index (χ0v) is 18.1. The SMILES string of the molecule is O=C(COc1ccc(Cl)c(F)c1)N[C@@H]1CC[C@@H](c2nnc(-c3ccc(C(F)(F)F)nc3)o2)OC1. The summed E-state index contributed by atoms with van der Waals surface area (Å²) in [6.45, 7) is -0.138. The summed E-state index contributed by atoms with van der Waals surface area (Å²) in [4.78, 5) is 15.5. The number of nitrogens with one attached hydrogen (secondary N) is 1. The lowest BCUT2D eigenvalue weighted by atomic mass is 10.0. The van der Waals surface area contributed by atoms with Gasteiger partial charge in [0.15, 0.2) is 6.61 Å². The Kier molecular flexibility index (Phi) is 6.98. The van der Waals surface area contributed by atoms with Gasteiger partial charge in [0, 0.05) is 12.3 Å². The van der Waals surface area contributed by atoms with Crippen LogP contribution in [0.4, 0.5) is 17.6 Å². The van der Waals surface area contributed by atoms with E-state index in [4.69, 9.17) is 25.5 Å². The van der Waals surface area contributed by atoms with Gasteiger partial charge in [-0.15, -0.1) is 10.2 Å². The van der Waals surface area contributed by atoms with Gasteiger partial charge in [-0.25, -0.2) is 4.39 Å². The molecule has 1 amide bonds. The third-order valence-electron chi connectivity index (χ3n) is 4.92. The Morgan fingerprint density at radius 2 is 2.03 bits per heavy atom. The van der Waals surface area contributed by atoms with Gasteiger partial charge in [0.05, 0.1) is 23.2 Å². The molecule has 0 bridgehead atoms. The molecule has 4 rings (SSSR count). The Labute approximate surface area is 195 Å². The fraction of sp³-hybridized carbons (Fsp3) is 0.333. The maximum absolute atomic E-state index is 13.4. The van der Waals surface area contributed by atoms with E-state index in [0.717, 1.165) is 18.3 Å². The molecule has 8 nitrogen and oxygen atoms in total. The number of pyridine rings is 1. The summed E-state index contributed by atoms with van der Waals surface area (Å²) in [5, 5.41) is 10.5. The van der Waals surface area contributed by atoms with E-state index in [0.29, 0.717) is 12.8 Å². The number of hydrogen-bond donors (Lipinski definition) is 1. The topological polar surface area (TPSA) is 99.4 Å². The number of nitrogens with zero attached hydrogens (tertiary/aromatic N) is 3. The fourth-order valence-electron chi connectivity index (χ4n) is 3.21. The average Bonchev–Trinajstić information content (AvgIpc) is 3.30. The Hall–Kier alpha value is -3.25. The molecule has 1 saturated heterocycles. The molecule has 1 aliphatic heterocycles. The van der Waals surface area contributed by atoms with Crippen LogP contribution in [-0.2, 0) is 15.7 Å². The molecular formula is C21H17ClF4N4O4. The predicted octanol–water partition coefficient (Wildman–Crippen LogP) is 4.36. The molecule has 0 spiro atoms. The standard InChI is InChI=1S/C21H17ClF4N4O4/c22-14-4-3-13(7-15(14)23)32-10-18(31)28-12-2-5-16(33-9-12)20-30-29-19(34-20)11-1-6-17(27-8-11)21(24,25)26/h1,3-4,6-8,12,16H,2,5,9-10H2,(H,28,31)/t12-,16+/m1/s1. The number of alkyl halides is 3. The highest BCUT2D eigenvalue weighted by atomic mass is 35.5. The molecule has 1 fully saturated rings. The summed E-state index contributed by atoms with van der Waals surface area (Å²) in [6, 6.07) is 5.61. The molecule has 1 aromatic carbocycles. The molecular weight excluding hydrogens is 484 g/mol. The molecule has 0 saturated carbocycles. The number of benzene rings is 1. The lowest BCUT2D eigenvalue weighted by Gasteiger charge is -2.27. The van der Waals surface area contributed by atoms with Gasteiger partial charge in [-0.1, -0.05) is 11.6 Å². The molecule has 34 heavy (non-hydrogen) atoms. The maximum atomic E-state index is 13.4. The first kappa shape index (κ1) is 23.9. The largest absolute Gasteiger partial charge is 0.484 e. The van der Waals surface area contributed by atoms with Gasteiger partial charge in [0.1, 0.15) is 23.4 Å². The van der Waals surface area contributed by atoms with Crippen LogP contribution in [0, 0.1) is 5.82 Å². The Morgan fingerprint density at radius 3 is 2.68 bits per heavy atom. The van der Waals surface area contributed by atoms with Crippen LogP contribution in [0.3, 0.4) is 0 Å². The minimum atomic E-state index is -4.54. The van der Waals surface area contributed by atoms with Crippen molar-refractivity contribution in [1.29, 1.82) is 0 Å². The summed E-state index contributed by atoms with van der Waals surface area (Å²) < 4.78 is 67.9. The maximum Gasteiger partial charge on any atom is 0.433 e. The van der Waals surface area contributed by atoms with Crippen molar-refractivity contribution < 1.29 is 36.2 Å². The first-order valence-electron chi connectivity index (χ1n) is 10.0. The number of rotatable bonds is 6. The van der Waals surface area contributed by atoms with Gasteiger partial charge >= 0.3 is 6.18 Å². The van der Waals surface area contributed by atoms with Crippen molar-refractivity contribution in [2.75, 3.05) is 13.2 Å². The second-order valence-electron chi connectivity index (χ2n) is 7.40. The van der Waals surface area contributed by atoms with E-state index in [1.54, 1.807) is 0 Å². The van der Waals surface area contributed by atoms with Crippen molar-refractivity contribution in [1.82, 2.24) is 20.5 Å². The van der Waals surface area contributed by atoms with Crippen LogP contribution in [0.15, 0.2) is 40.9 Å². The zero-order chi connectivity index (χ0) is 24.3. The van der Waals surface area contributed by atoms with Crippen molar-refractivity contribution >= 4 is 17.5 Å². The smallest absolute Gasteiger partial charge is 0.433 e. The van der Waals surface area contributed by atoms with E-state index in [1.165, 1.54) is 18.2 Å². The molecule has 2 aromatic heterocycles. The fourth-order valence-corrected chi connectivity index (χ4v) is 3.33. The van der Waals surface area contributed by atoms with Crippen molar-refractivity contribution in [3.8, 4) is 17.2 Å². The Bertz CT molecular complexity index is 1150. The second kappa shape index (κ2) is 9.94. The van der Waals surface area contributed by atoms with E-state index in [-0.39, 0.29) is 47.4 Å². The van der Waals surface area contributed by atoms with Crippen molar-refractivity contribution in [3.05, 3.63) is 59.0 Å². The van der Waals surface area contributed by atoms with E-state index >= 15 is 0 Å². The van der Waals surface area contributed by atoms with E-state index in [2.05, 4.69) is 20.5 Å². The highest BCUT2D eigenvalue weighted by Gasteiger charge is 2.32. The van der Waals surface area contributed by atoms with Crippen LogP contribution < -0.4 is 10.1 Å². The molecule has 3 aromatic rings. The number of carbonyl (C=O) groups excluding carboxylic acids is 1. The third kappa shape index (κ3) is 5.81. The molecule has 180 valence electrons. The molecule has 1 N–H and O–H groups in total. The monoisotopic (exact) mass is 500 g/mol. The molecule has 0 radical (unpaired) electrons. The van der Waals surface area contributed by atoms with Crippen LogP contribution in [0.25, 0.3) is 11.5 Å². The number of carbonyl (C=O) groups is 1. The summed E-state index contributed by atoms with van der Waals surface area (Å²) in [7, 11) is 0. The lowest BCUT2D eigenvalue weighted by Crippen LogP contribution is -2.43. The molecule has 0 unspecified atom stereocenters. The number of ether oxygens (including phenoxy) is 2. The van der Waals surface area contributed by atoms with E-state index in [9.17, 15) is 22.4 Å². The first-order valence-corrected chi connectivity index (χ1v) is 10.4. The van der Waals surface area contributed by atoms with Gasteiger partial charge < -0.3 is 19.2 Å². The van der Waals surface area contributed by atoms with Crippen LogP contribution >= 0.6 is 11.6 Å². The number of aromatic nitrogens is 3. The van der Waals surface area contributed by atoms with Gasteiger partial charge in [0.25, 0.3) is 5.91 Å². The Balaban J connectivity index is 1.26. The molecule has 2 atom stereocenters. The number of amides is 1. The molecule has 13 heteroatoms. The van der Waals surface area contributed by atoms with Gasteiger partial charge in [-0.3, -0.25) is 9.78 Å². The second-order valence-corrected chi connectivity index (χ2v) is 7.81. The number of hydrogen-bond acceptors (Lipinski definition) is 7. The van der Waals surface area contributed by atoms with Crippen LogP contribution in [0.5, 0.6) is 5.75 Å². The third-order valence-corrected chi connectivity index (χ3v) is 5.23. The van der Waals surface area contributed by atoms with Crippen LogP contribution in [0.2, 0.25) is 5.02 Å².